The van der Waals surface area contributed by atoms with Crippen molar-refractivity contribution >= 4 is 11.9 Å². The van der Waals surface area contributed by atoms with Crippen LogP contribution < -0.4 is 16.4 Å². The fraction of sp³-hybridized carbons (Fsp3) is 0.800. The largest absolute Gasteiger partial charge is 0.409 e. The zero-order valence-corrected chi connectivity index (χ0v) is 9.57. The van der Waals surface area contributed by atoms with E-state index in [-0.39, 0.29) is 23.8 Å². The van der Waals surface area contributed by atoms with Gasteiger partial charge in [0.2, 0.25) is 0 Å². The van der Waals surface area contributed by atoms with Gasteiger partial charge in [-0.1, -0.05) is 18.5 Å². The Morgan fingerprint density at radius 2 is 2.31 bits per heavy atom. The number of nitrogens with zero attached hydrogens (tertiary/aromatic N) is 1. The minimum atomic E-state index is -0.176. The highest BCUT2D eigenvalue weighted by molar-refractivity contribution is 5.84. The molecule has 1 fully saturated rings. The maximum absolute atomic E-state index is 11.4. The lowest BCUT2D eigenvalue weighted by atomic mass is 10.0. The van der Waals surface area contributed by atoms with Gasteiger partial charge in [0.15, 0.2) is 0 Å². The smallest absolute Gasteiger partial charge is 0.315 e. The van der Waals surface area contributed by atoms with Gasteiger partial charge in [-0.2, -0.15) is 0 Å². The summed E-state index contributed by atoms with van der Waals surface area (Å²) in [5, 5.41) is 17.2. The number of carbonyl (C=O) groups is 1. The van der Waals surface area contributed by atoms with E-state index in [1.807, 2.05) is 6.92 Å². The summed E-state index contributed by atoms with van der Waals surface area (Å²) < 4.78 is 0. The Morgan fingerprint density at radius 1 is 1.56 bits per heavy atom. The van der Waals surface area contributed by atoms with Crippen LogP contribution in [0.25, 0.3) is 0 Å². The molecule has 0 aromatic heterocycles. The summed E-state index contributed by atoms with van der Waals surface area (Å²) in [6, 6.07) is -0.197. The molecule has 6 heteroatoms. The van der Waals surface area contributed by atoms with Crippen molar-refractivity contribution in [3.8, 4) is 0 Å². The number of nitrogens with one attached hydrogen (secondary N) is 2. The molecule has 0 saturated heterocycles. The SMILES string of the molecule is CCCNC(=O)NC1CCCC1C(N)=NO. The second kappa shape index (κ2) is 6.19. The predicted molar refractivity (Wildman–Crippen MR) is 61.4 cm³/mol. The van der Waals surface area contributed by atoms with Gasteiger partial charge in [-0.05, 0) is 19.3 Å². The highest BCUT2D eigenvalue weighted by atomic mass is 16.4. The second-order valence-corrected chi connectivity index (χ2v) is 4.07. The summed E-state index contributed by atoms with van der Waals surface area (Å²) in [6.45, 7) is 2.65. The fourth-order valence-electron chi connectivity index (χ4n) is 2.02. The van der Waals surface area contributed by atoms with E-state index >= 15 is 0 Å². The van der Waals surface area contributed by atoms with Crippen molar-refractivity contribution in [2.45, 2.75) is 38.6 Å². The average molecular weight is 228 g/mol. The van der Waals surface area contributed by atoms with Crippen LogP contribution in [0.5, 0.6) is 0 Å². The third-order valence-electron chi connectivity index (χ3n) is 2.86. The van der Waals surface area contributed by atoms with Gasteiger partial charge in [0.05, 0.1) is 0 Å². The van der Waals surface area contributed by atoms with E-state index in [1.165, 1.54) is 0 Å². The molecule has 2 amide bonds. The van der Waals surface area contributed by atoms with E-state index in [4.69, 9.17) is 10.9 Å². The van der Waals surface area contributed by atoms with Crippen LogP contribution in [0.15, 0.2) is 5.16 Å². The maximum atomic E-state index is 11.4. The topological polar surface area (TPSA) is 99.7 Å². The van der Waals surface area contributed by atoms with E-state index < -0.39 is 0 Å². The molecule has 2 unspecified atom stereocenters. The third-order valence-corrected chi connectivity index (χ3v) is 2.86. The Morgan fingerprint density at radius 3 is 2.94 bits per heavy atom. The molecule has 5 N–H and O–H groups in total. The first-order chi connectivity index (χ1) is 7.69. The Hall–Kier alpha value is -1.46. The Kier molecular flexibility index (Phi) is 4.88. The van der Waals surface area contributed by atoms with Crippen molar-refractivity contribution in [1.29, 1.82) is 0 Å². The molecule has 0 heterocycles. The highest BCUT2D eigenvalue weighted by Crippen LogP contribution is 2.25. The number of nitrogens with two attached hydrogens (primary N) is 1. The molecule has 0 aliphatic heterocycles. The molecule has 2 atom stereocenters. The second-order valence-electron chi connectivity index (χ2n) is 4.07. The maximum Gasteiger partial charge on any atom is 0.315 e. The molecule has 16 heavy (non-hydrogen) atoms. The van der Waals surface area contributed by atoms with Gasteiger partial charge >= 0.3 is 6.03 Å². The van der Waals surface area contributed by atoms with E-state index in [9.17, 15) is 4.79 Å². The van der Waals surface area contributed by atoms with Gasteiger partial charge in [-0.25, -0.2) is 4.79 Å². The minimum Gasteiger partial charge on any atom is -0.409 e. The summed E-state index contributed by atoms with van der Waals surface area (Å²) in [6.07, 6.45) is 3.62. The molecule has 1 saturated carbocycles. The third kappa shape index (κ3) is 3.29. The van der Waals surface area contributed by atoms with Gasteiger partial charge < -0.3 is 21.6 Å². The van der Waals surface area contributed by atoms with Gasteiger partial charge in [0.1, 0.15) is 5.84 Å². The Bertz CT molecular complexity index is 268. The minimum absolute atomic E-state index is 0.0206. The van der Waals surface area contributed by atoms with Crippen molar-refractivity contribution in [2.75, 3.05) is 6.54 Å². The number of amides is 2. The van der Waals surface area contributed by atoms with Crippen LogP contribution in [0.4, 0.5) is 4.79 Å². The van der Waals surface area contributed by atoms with E-state index in [0.717, 1.165) is 25.7 Å². The standard InChI is InChI=1S/C10H20N4O2/c1-2-6-12-10(15)13-8-5-3-4-7(8)9(11)14-16/h7-8,16H,2-6H2,1H3,(H2,11,14)(H2,12,13,15). The number of rotatable bonds is 4. The molecule has 0 spiro atoms. The number of oxime groups is 1. The molecule has 0 aromatic rings. The molecule has 0 radical (unpaired) electrons. The molecule has 0 bridgehead atoms. The van der Waals surface area contributed by atoms with Gasteiger partial charge in [-0.3, -0.25) is 0 Å². The molecular formula is C10H20N4O2. The fourth-order valence-corrected chi connectivity index (χ4v) is 2.02. The van der Waals surface area contributed by atoms with E-state index in [0.29, 0.717) is 6.54 Å². The van der Waals surface area contributed by atoms with Crippen molar-refractivity contribution in [3.63, 3.8) is 0 Å². The first-order valence-corrected chi connectivity index (χ1v) is 5.70. The van der Waals surface area contributed by atoms with Crippen LogP contribution in [0.1, 0.15) is 32.6 Å². The summed E-state index contributed by atoms with van der Waals surface area (Å²) in [7, 11) is 0. The van der Waals surface area contributed by atoms with Crippen LogP contribution in [-0.4, -0.2) is 29.7 Å². The number of hydrogen-bond acceptors (Lipinski definition) is 3. The van der Waals surface area contributed by atoms with Crippen molar-refractivity contribution < 1.29 is 10.0 Å². The number of urea groups is 1. The summed E-state index contributed by atoms with van der Waals surface area (Å²) in [4.78, 5) is 11.4. The zero-order valence-electron chi connectivity index (χ0n) is 9.57. The molecule has 1 rings (SSSR count). The Balaban J connectivity index is 2.43. The van der Waals surface area contributed by atoms with E-state index in [2.05, 4.69) is 15.8 Å². The molecule has 0 aromatic carbocycles. The molecule has 1 aliphatic carbocycles. The van der Waals surface area contributed by atoms with Gasteiger partial charge in [0.25, 0.3) is 0 Å². The lowest BCUT2D eigenvalue weighted by Crippen LogP contribution is -2.46. The first-order valence-electron chi connectivity index (χ1n) is 5.70. The number of hydrogen-bond donors (Lipinski definition) is 4. The number of carbonyl (C=O) groups excluding carboxylic acids is 1. The quantitative estimate of drug-likeness (QED) is 0.245. The molecule has 6 nitrogen and oxygen atoms in total. The number of amidine groups is 1. The van der Waals surface area contributed by atoms with E-state index in [1.54, 1.807) is 0 Å². The van der Waals surface area contributed by atoms with Crippen LogP contribution in [0, 0.1) is 5.92 Å². The van der Waals surface area contributed by atoms with Crippen molar-refractivity contribution in [3.05, 3.63) is 0 Å². The van der Waals surface area contributed by atoms with Crippen LogP contribution in [0.2, 0.25) is 0 Å². The van der Waals surface area contributed by atoms with Crippen LogP contribution in [-0.2, 0) is 0 Å². The average Bonchev–Trinajstić information content (AvgIpc) is 2.73. The Labute approximate surface area is 95.3 Å². The van der Waals surface area contributed by atoms with Crippen molar-refractivity contribution in [2.24, 2.45) is 16.8 Å². The summed E-state index contributed by atoms with van der Waals surface area (Å²) in [5.74, 6) is 0.163. The normalized spacial score (nSPS) is 25.4. The van der Waals surface area contributed by atoms with Crippen molar-refractivity contribution in [1.82, 2.24) is 10.6 Å². The molecular weight excluding hydrogens is 208 g/mol. The highest BCUT2D eigenvalue weighted by Gasteiger charge is 2.31. The molecule has 92 valence electrons. The predicted octanol–water partition coefficient (Wildman–Crippen LogP) is 0.611. The molecule has 1 aliphatic rings. The lowest BCUT2D eigenvalue weighted by molar-refractivity contribution is 0.235. The summed E-state index contributed by atoms with van der Waals surface area (Å²) >= 11 is 0. The van der Waals surface area contributed by atoms with Gasteiger partial charge in [-0.15, -0.1) is 0 Å². The zero-order chi connectivity index (χ0) is 12.0. The monoisotopic (exact) mass is 228 g/mol. The van der Waals surface area contributed by atoms with Gasteiger partial charge in [0, 0.05) is 18.5 Å². The first kappa shape index (κ1) is 12.6. The van der Waals surface area contributed by atoms with Crippen LogP contribution >= 0.6 is 0 Å². The summed E-state index contributed by atoms with van der Waals surface area (Å²) in [5.41, 5.74) is 5.57. The van der Waals surface area contributed by atoms with Crippen LogP contribution in [0.3, 0.4) is 0 Å². The lowest BCUT2D eigenvalue weighted by Gasteiger charge is -2.19.